The van der Waals surface area contributed by atoms with Gasteiger partial charge >= 0.3 is 0 Å². The number of fused-ring (bicyclic) bond motifs is 1. The van der Waals surface area contributed by atoms with E-state index in [0.29, 0.717) is 43.0 Å². The van der Waals surface area contributed by atoms with Gasteiger partial charge in [0.05, 0.1) is 31.4 Å². The zero-order valence-electron chi connectivity index (χ0n) is 17.6. The number of ether oxygens (including phenoxy) is 1. The summed E-state index contributed by atoms with van der Waals surface area (Å²) < 4.78 is 30.3. The van der Waals surface area contributed by atoms with Crippen LogP contribution in [0.25, 0.3) is 22.9 Å². The normalized spacial score (nSPS) is 9.93. The lowest BCUT2D eigenvalue weighted by atomic mass is 10.3. The van der Waals surface area contributed by atoms with Gasteiger partial charge in [0.15, 0.2) is 11.5 Å². The molecule has 0 aromatic carbocycles. The number of imidazole rings is 1. The second kappa shape index (κ2) is 11.0. The number of H-pyrrole nitrogens is 1. The maximum atomic E-state index is 13.6. The van der Waals surface area contributed by atoms with Crippen LogP contribution in [0.2, 0.25) is 0 Å². The summed E-state index contributed by atoms with van der Waals surface area (Å²) in [6.07, 6.45) is 3.96. The minimum absolute atomic E-state index is 0.0169. The fraction of sp³-hybridized carbons (Fsp3) is 0.400. The molecule has 0 aliphatic heterocycles. The Labute approximate surface area is 168 Å². The third kappa shape index (κ3) is 5.04. The lowest BCUT2D eigenvalue weighted by Crippen LogP contribution is -2.16. The van der Waals surface area contributed by atoms with Crippen LogP contribution >= 0.6 is 0 Å². The van der Waals surface area contributed by atoms with E-state index >= 15 is 0 Å². The van der Waals surface area contributed by atoms with Gasteiger partial charge in [-0.05, 0) is 20.3 Å². The van der Waals surface area contributed by atoms with Crippen LogP contribution in [-0.2, 0) is 11.2 Å². The second-order valence-corrected chi connectivity index (χ2v) is 5.43. The molecule has 0 spiro atoms. The van der Waals surface area contributed by atoms with Gasteiger partial charge < -0.3 is 9.72 Å². The maximum Gasteiger partial charge on any atom is 0.287 e. The molecule has 0 fully saturated rings. The molecule has 0 unspecified atom stereocenters. The molecule has 3 aromatic rings. The third-order valence-corrected chi connectivity index (χ3v) is 3.77. The number of alkyl halides is 1. The molecule has 0 atom stereocenters. The fourth-order valence-electron chi connectivity index (χ4n) is 2.55. The predicted molar refractivity (Wildman–Crippen MR) is 110 cm³/mol. The fourth-order valence-corrected chi connectivity index (χ4v) is 2.55. The van der Waals surface area contributed by atoms with Crippen LogP contribution in [0.15, 0.2) is 23.8 Å². The van der Waals surface area contributed by atoms with Crippen LogP contribution in [0, 0.1) is 12.7 Å². The first-order valence-corrected chi connectivity index (χ1v) is 9.29. The molecular formula is C20H27F2N5O2. The van der Waals surface area contributed by atoms with Gasteiger partial charge in [0, 0.05) is 6.20 Å². The van der Waals surface area contributed by atoms with E-state index in [9.17, 15) is 13.6 Å². The van der Waals surface area contributed by atoms with Crippen molar-refractivity contribution < 1.29 is 13.5 Å². The molecule has 1 N–H and O–H groups in total. The molecule has 0 saturated carbocycles. The molecule has 3 aromatic heterocycles. The van der Waals surface area contributed by atoms with Gasteiger partial charge in [-0.15, -0.1) is 0 Å². The Balaban J connectivity index is 0.000000989. The van der Waals surface area contributed by atoms with Gasteiger partial charge in [0.2, 0.25) is 5.82 Å². The van der Waals surface area contributed by atoms with Crippen molar-refractivity contribution in [2.75, 3.05) is 13.8 Å². The van der Waals surface area contributed by atoms with Crippen LogP contribution in [0.4, 0.5) is 8.78 Å². The van der Waals surface area contributed by atoms with E-state index in [4.69, 9.17) is 4.74 Å². The van der Waals surface area contributed by atoms with Crippen molar-refractivity contribution in [1.29, 1.82) is 0 Å². The van der Waals surface area contributed by atoms with Crippen molar-refractivity contribution in [3.63, 3.8) is 0 Å². The lowest BCUT2D eigenvalue weighted by molar-refractivity contribution is 0.297. The van der Waals surface area contributed by atoms with E-state index < -0.39 is 11.4 Å². The molecule has 29 heavy (non-hydrogen) atoms. The first kappa shape index (κ1) is 23.9. The van der Waals surface area contributed by atoms with Gasteiger partial charge in [-0.3, -0.25) is 13.6 Å². The first-order valence-electron chi connectivity index (χ1n) is 9.29. The van der Waals surface area contributed by atoms with Crippen LogP contribution in [0.3, 0.4) is 0 Å². The van der Waals surface area contributed by atoms with Gasteiger partial charge in [-0.2, -0.15) is 4.39 Å². The summed E-state index contributed by atoms with van der Waals surface area (Å²) in [6.45, 7) is 13.6. The highest BCUT2D eigenvalue weighted by Crippen LogP contribution is 2.22. The number of halogens is 2. The molecule has 3 rings (SSSR count). The van der Waals surface area contributed by atoms with Crippen molar-refractivity contribution in [2.24, 2.45) is 0 Å². The van der Waals surface area contributed by atoms with E-state index in [1.54, 1.807) is 16.8 Å². The van der Waals surface area contributed by atoms with Crippen molar-refractivity contribution in [2.45, 2.75) is 41.0 Å². The number of aromatic nitrogens is 5. The average Bonchev–Trinajstić information content (AvgIpc) is 3.18. The summed E-state index contributed by atoms with van der Waals surface area (Å²) in [6, 6.07) is 0. The van der Waals surface area contributed by atoms with E-state index in [2.05, 4.69) is 26.5 Å². The highest BCUT2D eigenvalue weighted by Gasteiger charge is 2.16. The van der Waals surface area contributed by atoms with E-state index in [1.165, 1.54) is 6.92 Å². The highest BCUT2D eigenvalue weighted by atomic mass is 19.1. The van der Waals surface area contributed by atoms with Crippen LogP contribution in [0.5, 0.6) is 0 Å². The lowest BCUT2D eigenvalue weighted by Gasteiger charge is -2.10. The number of aryl methyl sites for hydroxylation is 2. The minimum Gasteiger partial charge on any atom is -0.492 e. The molecule has 0 saturated heterocycles. The van der Waals surface area contributed by atoms with Gasteiger partial charge in [-0.1, -0.05) is 27.4 Å². The molecule has 3 heterocycles. The van der Waals surface area contributed by atoms with Gasteiger partial charge in [0.1, 0.15) is 17.1 Å². The SMILES string of the molecule is C=C(OCC)c1cnc2c(CC)nc(-c3nc(C)c(F)c(=O)[nH]3)cn12.CC.CF. The molecule has 0 aliphatic carbocycles. The smallest absolute Gasteiger partial charge is 0.287 e. The van der Waals surface area contributed by atoms with Crippen molar-refractivity contribution in [3.05, 3.63) is 52.2 Å². The van der Waals surface area contributed by atoms with Crippen LogP contribution in [0.1, 0.15) is 44.8 Å². The monoisotopic (exact) mass is 407 g/mol. The predicted octanol–water partition coefficient (Wildman–Crippen LogP) is 4.11. The average molecular weight is 407 g/mol. The Kier molecular flexibility index (Phi) is 9.11. The van der Waals surface area contributed by atoms with E-state index in [1.807, 2.05) is 27.7 Å². The Bertz CT molecular complexity index is 1030. The molecule has 0 amide bonds. The molecule has 158 valence electrons. The Morgan fingerprint density at radius 1 is 1.28 bits per heavy atom. The van der Waals surface area contributed by atoms with Crippen molar-refractivity contribution >= 4 is 11.4 Å². The van der Waals surface area contributed by atoms with E-state index in [0.717, 1.165) is 5.69 Å². The van der Waals surface area contributed by atoms with Crippen LogP contribution in [-0.4, -0.2) is 38.1 Å². The van der Waals surface area contributed by atoms with Crippen LogP contribution < -0.4 is 5.56 Å². The third-order valence-electron chi connectivity index (χ3n) is 3.77. The molecule has 7 nitrogen and oxygen atoms in total. The highest BCUT2D eigenvalue weighted by molar-refractivity contribution is 5.62. The maximum absolute atomic E-state index is 13.6. The summed E-state index contributed by atoms with van der Waals surface area (Å²) in [5.41, 5.74) is 1.67. The molecule has 9 heteroatoms. The first-order chi connectivity index (χ1) is 14.0. The summed E-state index contributed by atoms with van der Waals surface area (Å²) in [5, 5.41) is 0. The second-order valence-electron chi connectivity index (χ2n) is 5.43. The quantitative estimate of drug-likeness (QED) is 0.644. The summed E-state index contributed by atoms with van der Waals surface area (Å²) >= 11 is 0. The number of nitrogens with one attached hydrogen (secondary N) is 1. The molecule has 0 aliphatic rings. The van der Waals surface area contributed by atoms with Gasteiger partial charge in [0.25, 0.3) is 5.56 Å². The Morgan fingerprint density at radius 2 is 1.93 bits per heavy atom. The van der Waals surface area contributed by atoms with Crippen molar-refractivity contribution in [1.82, 2.24) is 24.3 Å². The summed E-state index contributed by atoms with van der Waals surface area (Å²) in [4.78, 5) is 27.1. The number of nitrogens with zero attached hydrogens (tertiary/aromatic N) is 4. The number of aromatic amines is 1. The Hall–Kier alpha value is -3.10. The standard InChI is InChI=1S/C17H18FN5O2.C2H6.CH3F/c1-5-11-16-19-7-13(10(4)25-6-2)23(16)8-12(21-11)15-20-9(3)14(18)17(24)22-15;2*1-2/h7-8H,4-6H2,1-3H3,(H,20,22,24);1-2H3;1H3. The Morgan fingerprint density at radius 3 is 2.48 bits per heavy atom. The topological polar surface area (TPSA) is 85.2 Å². The molecular weight excluding hydrogens is 380 g/mol. The summed E-state index contributed by atoms with van der Waals surface area (Å²) in [7, 11) is 0.500. The largest absolute Gasteiger partial charge is 0.492 e. The van der Waals surface area contributed by atoms with Crippen molar-refractivity contribution in [3.8, 4) is 11.5 Å². The zero-order chi connectivity index (χ0) is 22.1. The molecule has 0 radical (unpaired) electrons. The zero-order valence-corrected chi connectivity index (χ0v) is 17.6. The number of rotatable bonds is 5. The summed E-state index contributed by atoms with van der Waals surface area (Å²) in [5.74, 6) is -0.221. The molecule has 0 bridgehead atoms. The minimum atomic E-state index is -0.895. The number of hydrogen-bond acceptors (Lipinski definition) is 5. The van der Waals surface area contributed by atoms with Gasteiger partial charge in [-0.25, -0.2) is 15.0 Å². The van der Waals surface area contributed by atoms with E-state index in [-0.39, 0.29) is 11.5 Å². The number of hydrogen-bond donors (Lipinski definition) is 1.